The van der Waals surface area contributed by atoms with Crippen molar-refractivity contribution in [2.24, 2.45) is 0 Å². The lowest BCUT2D eigenvalue weighted by atomic mass is 10.0. The molecule has 0 unspecified atom stereocenters. The van der Waals surface area contributed by atoms with Gasteiger partial charge in [0.2, 0.25) is 0 Å². The zero-order chi connectivity index (χ0) is 16.1. The molecule has 0 radical (unpaired) electrons. The summed E-state index contributed by atoms with van der Waals surface area (Å²) >= 11 is 6.19. The molecular weight excluding hydrogens is 306 g/mol. The van der Waals surface area contributed by atoms with Gasteiger partial charge >= 0.3 is 0 Å². The SMILES string of the molecule is N#Cc1c(-c2ccccc2)cc(NCc2ccccc2)nc1Cl. The summed E-state index contributed by atoms with van der Waals surface area (Å²) in [6.45, 7) is 0.643. The molecule has 0 atom stereocenters. The van der Waals surface area contributed by atoms with Crippen molar-refractivity contribution in [2.45, 2.75) is 6.54 Å². The Labute approximate surface area is 140 Å². The minimum atomic E-state index is 0.212. The molecule has 0 saturated carbocycles. The maximum atomic E-state index is 9.36. The zero-order valence-electron chi connectivity index (χ0n) is 12.3. The first-order chi connectivity index (χ1) is 11.3. The largest absolute Gasteiger partial charge is 0.366 e. The number of hydrogen-bond acceptors (Lipinski definition) is 3. The quantitative estimate of drug-likeness (QED) is 0.697. The second-order valence-corrected chi connectivity index (χ2v) is 5.40. The highest BCUT2D eigenvalue weighted by Crippen LogP contribution is 2.30. The highest BCUT2D eigenvalue weighted by atomic mass is 35.5. The highest BCUT2D eigenvalue weighted by molar-refractivity contribution is 6.31. The van der Waals surface area contributed by atoms with Gasteiger partial charge in [-0.05, 0) is 17.2 Å². The maximum absolute atomic E-state index is 9.36. The number of rotatable bonds is 4. The van der Waals surface area contributed by atoms with E-state index in [4.69, 9.17) is 11.6 Å². The van der Waals surface area contributed by atoms with E-state index in [0.29, 0.717) is 17.9 Å². The number of anilines is 1. The Balaban J connectivity index is 1.94. The van der Waals surface area contributed by atoms with Gasteiger partial charge in [0.1, 0.15) is 17.0 Å². The van der Waals surface area contributed by atoms with Gasteiger partial charge in [0, 0.05) is 12.1 Å². The molecule has 3 rings (SSSR count). The van der Waals surface area contributed by atoms with E-state index in [1.54, 1.807) is 0 Å². The van der Waals surface area contributed by atoms with Gasteiger partial charge in [0.25, 0.3) is 0 Å². The second kappa shape index (κ2) is 6.95. The van der Waals surface area contributed by atoms with Gasteiger partial charge in [0.15, 0.2) is 0 Å². The summed E-state index contributed by atoms with van der Waals surface area (Å²) in [6, 6.07) is 23.8. The third-order valence-electron chi connectivity index (χ3n) is 3.49. The summed E-state index contributed by atoms with van der Waals surface area (Å²) in [7, 11) is 0. The monoisotopic (exact) mass is 319 g/mol. The molecule has 1 N–H and O–H groups in total. The Morgan fingerprint density at radius 2 is 1.65 bits per heavy atom. The summed E-state index contributed by atoms with van der Waals surface area (Å²) in [5.74, 6) is 0.650. The lowest BCUT2D eigenvalue weighted by molar-refractivity contribution is 1.11. The van der Waals surface area contributed by atoms with Crippen molar-refractivity contribution in [3.8, 4) is 17.2 Å². The first-order valence-corrected chi connectivity index (χ1v) is 7.59. The predicted molar refractivity (Wildman–Crippen MR) is 93.2 cm³/mol. The fourth-order valence-corrected chi connectivity index (χ4v) is 2.58. The normalized spacial score (nSPS) is 10.1. The van der Waals surface area contributed by atoms with Gasteiger partial charge in [-0.3, -0.25) is 0 Å². The second-order valence-electron chi connectivity index (χ2n) is 5.04. The maximum Gasteiger partial charge on any atom is 0.149 e. The van der Waals surface area contributed by atoms with Crippen LogP contribution in [0.15, 0.2) is 66.7 Å². The highest BCUT2D eigenvalue weighted by Gasteiger charge is 2.12. The molecule has 0 spiro atoms. The van der Waals surface area contributed by atoms with Crippen LogP contribution in [0.1, 0.15) is 11.1 Å². The van der Waals surface area contributed by atoms with Crippen molar-refractivity contribution >= 4 is 17.4 Å². The van der Waals surface area contributed by atoms with E-state index in [1.807, 2.05) is 66.7 Å². The van der Waals surface area contributed by atoms with E-state index < -0.39 is 0 Å². The van der Waals surface area contributed by atoms with E-state index >= 15 is 0 Å². The van der Waals surface area contributed by atoms with Gasteiger partial charge in [-0.15, -0.1) is 0 Å². The molecule has 0 aliphatic rings. The Morgan fingerprint density at radius 1 is 1.00 bits per heavy atom. The predicted octanol–water partition coefficient (Wildman–Crippen LogP) is 4.89. The number of halogens is 1. The van der Waals surface area contributed by atoms with E-state index in [2.05, 4.69) is 16.4 Å². The number of nitrogens with one attached hydrogen (secondary N) is 1. The minimum Gasteiger partial charge on any atom is -0.366 e. The lowest BCUT2D eigenvalue weighted by Crippen LogP contribution is -2.03. The zero-order valence-corrected chi connectivity index (χ0v) is 13.1. The van der Waals surface area contributed by atoms with Crippen LogP contribution in [0.4, 0.5) is 5.82 Å². The first kappa shape index (κ1) is 15.1. The standard InChI is InChI=1S/C19H14ClN3/c20-19-17(12-21)16(15-9-5-2-6-10-15)11-18(23-19)22-13-14-7-3-1-4-8-14/h1-11H,13H2,(H,22,23). The van der Waals surface area contributed by atoms with Crippen LogP contribution in [0, 0.1) is 11.3 Å². The van der Waals surface area contributed by atoms with Crippen molar-refractivity contribution in [3.63, 3.8) is 0 Å². The fourth-order valence-electron chi connectivity index (χ4n) is 2.34. The topological polar surface area (TPSA) is 48.7 Å². The molecule has 0 fully saturated rings. The molecule has 3 nitrogen and oxygen atoms in total. The van der Waals surface area contributed by atoms with Gasteiger partial charge in [-0.1, -0.05) is 72.3 Å². The van der Waals surface area contributed by atoms with Gasteiger partial charge in [0.05, 0.1) is 5.56 Å². The average molecular weight is 320 g/mol. The number of nitrogens with zero attached hydrogens (tertiary/aromatic N) is 2. The summed E-state index contributed by atoms with van der Waals surface area (Å²) in [5.41, 5.74) is 3.26. The van der Waals surface area contributed by atoms with Crippen LogP contribution in [0.2, 0.25) is 5.15 Å². The van der Waals surface area contributed by atoms with Crippen molar-refractivity contribution in [2.75, 3.05) is 5.32 Å². The van der Waals surface area contributed by atoms with Gasteiger partial charge < -0.3 is 5.32 Å². The Bertz CT molecular complexity index is 840. The van der Waals surface area contributed by atoms with Crippen LogP contribution in [0.25, 0.3) is 11.1 Å². The Morgan fingerprint density at radius 3 is 2.30 bits per heavy atom. The van der Waals surface area contributed by atoms with Crippen LogP contribution in [0.5, 0.6) is 0 Å². The first-order valence-electron chi connectivity index (χ1n) is 7.22. The van der Waals surface area contributed by atoms with E-state index in [1.165, 1.54) is 0 Å². The molecular formula is C19H14ClN3. The molecule has 0 aliphatic heterocycles. The molecule has 0 amide bonds. The number of aromatic nitrogens is 1. The molecule has 1 heterocycles. The fraction of sp³-hybridized carbons (Fsp3) is 0.0526. The summed E-state index contributed by atoms with van der Waals surface area (Å²) in [4.78, 5) is 4.28. The number of nitriles is 1. The van der Waals surface area contributed by atoms with Crippen molar-refractivity contribution < 1.29 is 0 Å². The molecule has 112 valence electrons. The molecule has 0 bridgehead atoms. The third-order valence-corrected chi connectivity index (χ3v) is 3.76. The summed E-state index contributed by atoms with van der Waals surface area (Å²) < 4.78 is 0. The molecule has 3 aromatic rings. The van der Waals surface area contributed by atoms with Crippen molar-refractivity contribution in [1.82, 2.24) is 4.98 Å². The van der Waals surface area contributed by atoms with E-state index in [-0.39, 0.29) is 5.15 Å². The number of benzene rings is 2. The van der Waals surface area contributed by atoms with Gasteiger partial charge in [-0.25, -0.2) is 4.98 Å². The Hall–Kier alpha value is -2.83. The molecule has 23 heavy (non-hydrogen) atoms. The van der Waals surface area contributed by atoms with Crippen LogP contribution in [-0.4, -0.2) is 4.98 Å². The third kappa shape index (κ3) is 3.50. The summed E-state index contributed by atoms with van der Waals surface area (Å²) in [6.07, 6.45) is 0. The van der Waals surface area contributed by atoms with Crippen LogP contribution in [-0.2, 0) is 6.54 Å². The molecule has 0 saturated heterocycles. The Kier molecular flexibility index (Phi) is 4.56. The van der Waals surface area contributed by atoms with Crippen LogP contribution >= 0.6 is 11.6 Å². The molecule has 4 heteroatoms. The smallest absolute Gasteiger partial charge is 0.149 e. The lowest BCUT2D eigenvalue weighted by Gasteiger charge is -2.11. The van der Waals surface area contributed by atoms with E-state index in [0.717, 1.165) is 16.7 Å². The minimum absolute atomic E-state index is 0.212. The van der Waals surface area contributed by atoms with Crippen molar-refractivity contribution in [3.05, 3.63) is 83.0 Å². The summed E-state index contributed by atoms with van der Waals surface area (Å²) in [5, 5.41) is 12.8. The number of pyridine rings is 1. The van der Waals surface area contributed by atoms with Crippen LogP contribution in [0.3, 0.4) is 0 Å². The molecule has 1 aromatic heterocycles. The van der Waals surface area contributed by atoms with Crippen molar-refractivity contribution in [1.29, 1.82) is 5.26 Å². The molecule has 0 aliphatic carbocycles. The molecule has 2 aromatic carbocycles. The van der Waals surface area contributed by atoms with E-state index in [9.17, 15) is 5.26 Å². The van der Waals surface area contributed by atoms with Gasteiger partial charge in [-0.2, -0.15) is 5.26 Å². The van der Waals surface area contributed by atoms with Crippen LogP contribution < -0.4 is 5.32 Å². The number of hydrogen-bond donors (Lipinski definition) is 1. The average Bonchev–Trinajstić information content (AvgIpc) is 2.61.